The van der Waals surface area contributed by atoms with Gasteiger partial charge < -0.3 is 29.8 Å². The molecule has 3 saturated carbocycles. The van der Waals surface area contributed by atoms with Crippen molar-refractivity contribution in [2.75, 3.05) is 13.2 Å². The lowest BCUT2D eigenvalue weighted by Crippen LogP contribution is -2.63. The van der Waals surface area contributed by atoms with Crippen LogP contribution in [-0.2, 0) is 35.0 Å². The molecule has 10 nitrogen and oxygen atoms in total. The number of fused-ring (bicyclic) bond motifs is 5. The van der Waals surface area contributed by atoms with Gasteiger partial charge in [-0.15, -0.1) is 0 Å². The lowest BCUT2D eigenvalue weighted by atomic mass is 9.46. The minimum atomic E-state index is -1.54. The molecule has 0 spiro atoms. The van der Waals surface area contributed by atoms with E-state index in [1.54, 1.807) is 24.3 Å². The summed E-state index contributed by atoms with van der Waals surface area (Å²) in [6, 6.07) is 5.69. The maximum atomic E-state index is 14.3. The molecule has 3 fully saturated rings. The number of unbranched alkanes of at least 4 members (excludes halogenated alkanes) is 3. The molecule has 0 heterocycles. The fraction of sp³-hybridized carbons (Fsp3) is 0.659. The van der Waals surface area contributed by atoms with Gasteiger partial charge in [-0.05, 0) is 87.3 Å². The number of aliphatic hydroxyl groups is 1. The number of benzene rings is 1. The van der Waals surface area contributed by atoms with E-state index in [-0.39, 0.29) is 41.8 Å². The first-order valence-electron chi connectivity index (χ1n) is 19.0. The van der Waals surface area contributed by atoms with Gasteiger partial charge >= 0.3 is 18.1 Å². The summed E-state index contributed by atoms with van der Waals surface area (Å²) in [7, 11) is 0. The van der Waals surface area contributed by atoms with Crippen molar-refractivity contribution in [1.82, 2.24) is 0 Å². The highest BCUT2D eigenvalue weighted by Crippen LogP contribution is 2.68. The summed E-state index contributed by atoms with van der Waals surface area (Å²) < 4.78 is 22.2. The van der Waals surface area contributed by atoms with Crippen LogP contribution >= 0.6 is 0 Å². The number of ether oxygens (including phenoxy) is 4. The van der Waals surface area contributed by atoms with Crippen molar-refractivity contribution in [2.45, 2.75) is 129 Å². The number of esters is 2. The number of ketones is 1. The molecule has 3 N–H and O–H groups in total. The van der Waals surface area contributed by atoms with E-state index in [1.165, 1.54) is 5.57 Å². The predicted molar refractivity (Wildman–Crippen MR) is 192 cm³/mol. The summed E-state index contributed by atoms with van der Waals surface area (Å²) in [6.45, 7) is 7.98. The molecule has 1 aromatic rings. The molecule has 0 saturated heterocycles. The molecule has 51 heavy (non-hydrogen) atoms. The number of allylic oxidation sites excluding steroid dienone is 4. The molecule has 0 amide bonds. The molecule has 0 radical (unpaired) electrons. The van der Waals surface area contributed by atoms with Crippen LogP contribution in [0.25, 0.3) is 0 Å². The van der Waals surface area contributed by atoms with Crippen molar-refractivity contribution in [3.8, 4) is 5.75 Å². The van der Waals surface area contributed by atoms with Crippen LogP contribution < -0.4 is 10.5 Å². The van der Waals surface area contributed by atoms with Gasteiger partial charge in [0.15, 0.2) is 12.2 Å². The Labute approximate surface area is 302 Å². The zero-order chi connectivity index (χ0) is 36.8. The Balaban J connectivity index is 1.25. The van der Waals surface area contributed by atoms with Crippen molar-refractivity contribution in [2.24, 2.45) is 34.3 Å². The molecule has 8 unspecified atom stereocenters. The monoisotopic (exact) mass is 707 g/mol. The summed E-state index contributed by atoms with van der Waals surface area (Å²) in [6.07, 6.45) is 13.7. The van der Waals surface area contributed by atoms with Gasteiger partial charge in [0.25, 0.3) is 0 Å². The quantitative estimate of drug-likeness (QED) is 0.0645. The first kappa shape index (κ1) is 38.7. The summed E-state index contributed by atoms with van der Waals surface area (Å²) in [5.74, 6) is -1.02. The van der Waals surface area contributed by atoms with Gasteiger partial charge in [-0.25, -0.2) is 4.79 Å². The number of nitrogens with two attached hydrogens (primary N) is 1. The highest BCUT2D eigenvalue weighted by Gasteiger charge is 2.70. The predicted octanol–water partition coefficient (Wildman–Crippen LogP) is 6.95. The van der Waals surface area contributed by atoms with E-state index in [9.17, 15) is 24.3 Å². The second-order valence-electron chi connectivity index (χ2n) is 15.5. The lowest BCUT2D eigenvalue weighted by molar-refractivity contribution is -0.200. The van der Waals surface area contributed by atoms with Crippen molar-refractivity contribution in [3.05, 3.63) is 53.6 Å². The van der Waals surface area contributed by atoms with Crippen molar-refractivity contribution in [3.63, 3.8) is 0 Å². The molecule has 1 aromatic carbocycles. The van der Waals surface area contributed by atoms with Gasteiger partial charge in [0, 0.05) is 23.2 Å². The standard InChI is InChI=1S/C41H57NO9/c1-5-7-11-23-48-37(46)32(42)24-27-14-17-29(18-15-27)50-38(47)49-26-34(44)41(51-35(45)13-8-6-2)22-20-31-30-19-16-28-12-9-10-21-39(28,3)36(30)33(43)25-40(31,41)4/h10,12,14-15,17-18,21,30-33,36,43H,5-9,11,13,16,19-20,22-26,42H2,1-4H3. The molecule has 280 valence electrons. The molecule has 4 aliphatic carbocycles. The highest BCUT2D eigenvalue weighted by molar-refractivity contribution is 5.93. The summed E-state index contributed by atoms with van der Waals surface area (Å²) in [4.78, 5) is 52.6. The molecular formula is C41H57NO9. The normalized spacial score (nSPS) is 31.3. The Morgan fingerprint density at radius 1 is 1.00 bits per heavy atom. The van der Waals surface area contributed by atoms with Crippen LogP contribution in [0, 0.1) is 28.6 Å². The van der Waals surface area contributed by atoms with Gasteiger partial charge in [-0.3, -0.25) is 14.4 Å². The zero-order valence-corrected chi connectivity index (χ0v) is 30.8. The van der Waals surface area contributed by atoms with Crippen LogP contribution in [0.15, 0.2) is 48.1 Å². The summed E-state index contributed by atoms with van der Waals surface area (Å²) >= 11 is 0. The SMILES string of the molecule is CCCCCOC(=O)C(N)Cc1ccc(OC(=O)OCC(=O)C2(OC(=O)CCCC)CCC3C4CCC5=CCC=CC5(C)C4C(O)CC32C)cc1. The molecule has 4 aliphatic rings. The number of aliphatic hydroxyl groups excluding tert-OH is 1. The Morgan fingerprint density at radius 2 is 1.75 bits per heavy atom. The van der Waals surface area contributed by atoms with Crippen molar-refractivity contribution >= 4 is 23.9 Å². The molecule has 0 aromatic heterocycles. The van der Waals surface area contributed by atoms with Crippen LogP contribution in [0.4, 0.5) is 4.79 Å². The van der Waals surface area contributed by atoms with Gasteiger partial charge in [0.05, 0.1) is 12.7 Å². The third-order valence-electron chi connectivity index (χ3n) is 12.3. The fourth-order valence-corrected chi connectivity index (χ4v) is 9.73. The van der Waals surface area contributed by atoms with E-state index in [4.69, 9.17) is 24.7 Å². The smallest absolute Gasteiger partial charge is 0.465 e. The maximum Gasteiger partial charge on any atom is 0.514 e. The van der Waals surface area contributed by atoms with Gasteiger partial charge in [0.1, 0.15) is 11.8 Å². The largest absolute Gasteiger partial charge is 0.514 e. The minimum Gasteiger partial charge on any atom is -0.465 e. The molecule has 8 atom stereocenters. The van der Waals surface area contributed by atoms with E-state index in [1.807, 2.05) is 13.8 Å². The minimum absolute atomic E-state index is 0.00606. The summed E-state index contributed by atoms with van der Waals surface area (Å²) in [5, 5.41) is 11.9. The number of hydrogen-bond donors (Lipinski definition) is 2. The van der Waals surface area contributed by atoms with Gasteiger partial charge in [-0.1, -0.05) is 82.9 Å². The van der Waals surface area contributed by atoms with E-state index < -0.39 is 53.6 Å². The lowest BCUT2D eigenvalue weighted by Gasteiger charge is -2.60. The third-order valence-corrected chi connectivity index (χ3v) is 12.3. The van der Waals surface area contributed by atoms with Crippen LogP contribution in [0.3, 0.4) is 0 Å². The molecule has 10 heteroatoms. The van der Waals surface area contributed by atoms with E-state index >= 15 is 0 Å². The first-order valence-corrected chi connectivity index (χ1v) is 19.0. The average molecular weight is 708 g/mol. The molecule has 0 bridgehead atoms. The average Bonchev–Trinajstić information content (AvgIpc) is 3.40. The van der Waals surface area contributed by atoms with Crippen LogP contribution in [0.2, 0.25) is 0 Å². The maximum absolute atomic E-state index is 14.3. The van der Waals surface area contributed by atoms with Crippen molar-refractivity contribution < 1.29 is 43.2 Å². The van der Waals surface area contributed by atoms with E-state index in [2.05, 4.69) is 32.1 Å². The first-order chi connectivity index (χ1) is 24.4. The zero-order valence-electron chi connectivity index (χ0n) is 30.8. The number of Topliss-reactive ketones (excluding diaryl/α,β-unsaturated/α-hetero) is 1. The van der Waals surface area contributed by atoms with Crippen LogP contribution in [0.5, 0.6) is 5.75 Å². The Hall–Kier alpha value is -3.50. The molecule has 0 aliphatic heterocycles. The Bertz CT molecular complexity index is 1490. The van der Waals surface area contributed by atoms with E-state index in [0.717, 1.165) is 50.5 Å². The van der Waals surface area contributed by atoms with Gasteiger partial charge in [0.2, 0.25) is 5.78 Å². The fourth-order valence-electron chi connectivity index (χ4n) is 9.73. The molecular weight excluding hydrogens is 650 g/mol. The number of carbonyl (C=O) groups excluding carboxylic acids is 4. The highest BCUT2D eigenvalue weighted by atomic mass is 16.7. The Morgan fingerprint density at radius 3 is 2.47 bits per heavy atom. The van der Waals surface area contributed by atoms with E-state index in [0.29, 0.717) is 32.3 Å². The Kier molecular flexibility index (Phi) is 12.5. The second kappa shape index (κ2) is 16.4. The third kappa shape index (κ3) is 7.97. The van der Waals surface area contributed by atoms with Crippen LogP contribution in [0.1, 0.15) is 110 Å². The number of carbonyl (C=O) groups is 4. The second-order valence-corrected chi connectivity index (χ2v) is 15.5. The number of hydrogen-bond acceptors (Lipinski definition) is 10. The summed E-state index contributed by atoms with van der Waals surface area (Å²) in [5.41, 5.74) is 5.55. The van der Waals surface area contributed by atoms with Gasteiger partial charge in [-0.2, -0.15) is 0 Å². The van der Waals surface area contributed by atoms with Crippen LogP contribution in [-0.4, -0.2) is 59.9 Å². The molecule has 5 rings (SSSR count). The number of rotatable bonds is 15. The van der Waals surface area contributed by atoms with Crippen molar-refractivity contribution in [1.29, 1.82) is 0 Å². The topological polar surface area (TPSA) is 151 Å².